The maximum atomic E-state index is 4.71. The number of hydrogen-bond acceptors (Lipinski definition) is 2. The van der Waals surface area contributed by atoms with Gasteiger partial charge in [-0.2, -0.15) is 0 Å². The summed E-state index contributed by atoms with van der Waals surface area (Å²) in [5.74, 6) is 0. The van der Waals surface area contributed by atoms with Crippen LogP contribution in [-0.2, 0) is 0 Å². The van der Waals surface area contributed by atoms with Gasteiger partial charge >= 0.3 is 0 Å². The zero-order chi connectivity index (χ0) is 12.9. The Morgan fingerprint density at radius 3 is 2.53 bits per heavy atom. The van der Waals surface area contributed by atoms with Gasteiger partial charge in [0.1, 0.15) is 0 Å². The fraction of sp³-hybridized carbons (Fsp3) is 0.0588. The molecule has 0 N–H and O–H groups in total. The molecule has 1 aliphatic rings. The number of rotatable bonds is 2. The van der Waals surface area contributed by atoms with Crippen LogP contribution in [0.3, 0.4) is 0 Å². The van der Waals surface area contributed by atoms with Gasteiger partial charge in [-0.05, 0) is 18.2 Å². The second-order valence-corrected chi connectivity index (χ2v) is 4.32. The van der Waals surface area contributed by atoms with Gasteiger partial charge in [0.2, 0.25) is 0 Å². The Morgan fingerprint density at radius 1 is 0.789 bits per heavy atom. The lowest BCUT2D eigenvalue weighted by molar-refractivity contribution is 1.26. The van der Waals surface area contributed by atoms with Gasteiger partial charge in [0.05, 0.1) is 17.1 Å². The molecule has 2 nitrogen and oxygen atoms in total. The first-order valence-electron chi connectivity index (χ1n) is 6.35. The van der Waals surface area contributed by atoms with Gasteiger partial charge in [-0.3, -0.25) is 4.99 Å². The van der Waals surface area contributed by atoms with Crippen molar-refractivity contribution in [1.82, 2.24) is 4.98 Å². The minimum atomic E-state index is 0.818. The van der Waals surface area contributed by atoms with Crippen LogP contribution in [0, 0.1) is 0 Å². The van der Waals surface area contributed by atoms with Gasteiger partial charge in [0.15, 0.2) is 0 Å². The fourth-order valence-electron chi connectivity index (χ4n) is 2.03. The molecule has 0 bridgehead atoms. The van der Waals surface area contributed by atoms with E-state index in [1.165, 1.54) is 0 Å². The molecule has 1 aromatic heterocycles. The minimum Gasteiger partial charge on any atom is -0.259 e. The first-order valence-corrected chi connectivity index (χ1v) is 6.35. The molecule has 92 valence electrons. The van der Waals surface area contributed by atoms with Crippen molar-refractivity contribution >= 4 is 5.71 Å². The molecule has 1 aliphatic heterocycles. The summed E-state index contributed by atoms with van der Waals surface area (Å²) in [5.41, 5.74) is 4.06. The fourth-order valence-corrected chi connectivity index (χ4v) is 2.03. The van der Waals surface area contributed by atoms with E-state index < -0.39 is 0 Å². The summed E-state index contributed by atoms with van der Waals surface area (Å²) in [6.45, 7) is 0. The summed E-state index contributed by atoms with van der Waals surface area (Å²) in [6, 6.07) is 16.3. The first-order chi connectivity index (χ1) is 9.43. The highest BCUT2D eigenvalue weighted by Crippen LogP contribution is 2.17. The average molecular weight is 246 g/mol. The van der Waals surface area contributed by atoms with E-state index in [0.29, 0.717) is 0 Å². The van der Waals surface area contributed by atoms with E-state index >= 15 is 0 Å². The van der Waals surface area contributed by atoms with E-state index in [9.17, 15) is 0 Å². The van der Waals surface area contributed by atoms with Crippen molar-refractivity contribution in [2.75, 3.05) is 0 Å². The summed E-state index contributed by atoms with van der Waals surface area (Å²) < 4.78 is 0. The lowest BCUT2D eigenvalue weighted by atomic mass is 10.1. The molecule has 19 heavy (non-hydrogen) atoms. The average Bonchev–Trinajstić information content (AvgIpc) is 2.77. The Labute approximate surface area is 112 Å². The zero-order valence-electron chi connectivity index (χ0n) is 10.5. The Balaban J connectivity index is 1.99. The van der Waals surface area contributed by atoms with Crippen molar-refractivity contribution in [3.05, 3.63) is 78.7 Å². The van der Waals surface area contributed by atoms with Crippen molar-refractivity contribution in [2.45, 2.75) is 6.42 Å². The summed E-state index contributed by atoms with van der Waals surface area (Å²) in [6.07, 6.45) is 8.68. The summed E-state index contributed by atoms with van der Waals surface area (Å²) in [5, 5.41) is 0. The summed E-state index contributed by atoms with van der Waals surface area (Å²) in [7, 11) is 0. The zero-order valence-corrected chi connectivity index (χ0v) is 10.5. The number of nitrogens with zero attached hydrogens (tertiary/aromatic N) is 2. The largest absolute Gasteiger partial charge is 0.259 e. The van der Waals surface area contributed by atoms with Crippen LogP contribution in [0.1, 0.15) is 12.1 Å². The molecule has 0 spiro atoms. The molecule has 2 heteroatoms. The molecule has 0 saturated heterocycles. The summed E-state index contributed by atoms with van der Waals surface area (Å²) in [4.78, 5) is 9.15. The van der Waals surface area contributed by atoms with Crippen LogP contribution in [-0.4, -0.2) is 10.7 Å². The van der Waals surface area contributed by atoms with Crippen molar-refractivity contribution in [3.63, 3.8) is 0 Å². The molecule has 3 rings (SSSR count). The molecular weight excluding hydrogens is 232 g/mol. The Kier molecular flexibility index (Phi) is 3.32. The Bertz CT molecular complexity index is 652. The van der Waals surface area contributed by atoms with Crippen LogP contribution in [0.15, 0.2) is 78.0 Å². The highest BCUT2D eigenvalue weighted by atomic mass is 14.8. The van der Waals surface area contributed by atoms with Crippen LogP contribution in [0.5, 0.6) is 0 Å². The van der Waals surface area contributed by atoms with Gasteiger partial charge < -0.3 is 0 Å². The van der Waals surface area contributed by atoms with E-state index in [2.05, 4.69) is 23.2 Å². The quantitative estimate of drug-likeness (QED) is 0.786. The van der Waals surface area contributed by atoms with Gasteiger partial charge in [0, 0.05) is 18.2 Å². The van der Waals surface area contributed by atoms with E-state index in [-0.39, 0.29) is 0 Å². The molecule has 0 radical (unpaired) electrons. The molecule has 0 fully saturated rings. The summed E-state index contributed by atoms with van der Waals surface area (Å²) >= 11 is 0. The number of hydrogen-bond donors (Lipinski definition) is 0. The van der Waals surface area contributed by atoms with Crippen LogP contribution in [0.2, 0.25) is 0 Å². The smallest absolute Gasteiger partial charge is 0.0855 e. The van der Waals surface area contributed by atoms with Gasteiger partial charge in [0.25, 0.3) is 0 Å². The van der Waals surface area contributed by atoms with Gasteiger partial charge in [-0.15, -0.1) is 0 Å². The number of benzene rings is 1. The molecule has 0 saturated carbocycles. The van der Waals surface area contributed by atoms with Crippen molar-refractivity contribution in [3.8, 4) is 11.3 Å². The highest BCUT2D eigenvalue weighted by Gasteiger charge is 2.06. The van der Waals surface area contributed by atoms with E-state index in [4.69, 9.17) is 4.98 Å². The first kappa shape index (κ1) is 11.6. The van der Waals surface area contributed by atoms with E-state index in [1.807, 2.05) is 54.8 Å². The molecule has 2 heterocycles. The third-order valence-corrected chi connectivity index (χ3v) is 2.99. The molecule has 0 unspecified atom stereocenters. The standard InChI is InChI=1S/C17H14N2/c1-3-8-14(9-4-1)15-11-7-12-17(19-15)16-10-5-2-6-13-18-16/h1-9,11-13H,10H2. The maximum Gasteiger partial charge on any atom is 0.0855 e. The Hall–Kier alpha value is -2.48. The maximum absolute atomic E-state index is 4.71. The Morgan fingerprint density at radius 2 is 1.63 bits per heavy atom. The molecular formula is C17H14N2. The number of aromatic nitrogens is 1. The second kappa shape index (κ2) is 5.44. The van der Waals surface area contributed by atoms with Crippen molar-refractivity contribution in [1.29, 1.82) is 0 Å². The molecule has 1 aromatic carbocycles. The number of aliphatic imine (C=N–C) groups is 1. The lowest BCUT2D eigenvalue weighted by Crippen LogP contribution is -2.02. The molecule has 0 atom stereocenters. The molecule has 2 aromatic rings. The minimum absolute atomic E-state index is 0.818. The van der Waals surface area contributed by atoms with Crippen LogP contribution in [0.4, 0.5) is 0 Å². The number of pyridine rings is 1. The van der Waals surface area contributed by atoms with E-state index in [1.54, 1.807) is 0 Å². The van der Waals surface area contributed by atoms with Crippen LogP contribution < -0.4 is 0 Å². The SMILES string of the molecule is C1=CCC(c2cccc(-c3ccccc3)n2)=NC=C1. The molecule has 0 amide bonds. The van der Waals surface area contributed by atoms with E-state index in [0.717, 1.165) is 29.1 Å². The second-order valence-electron chi connectivity index (χ2n) is 4.32. The van der Waals surface area contributed by atoms with Crippen LogP contribution in [0.25, 0.3) is 11.3 Å². The van der Waals surface area contributed by atoms with Gasteiger partial charge in [-0.25, -0.2) is 4.98 Å². The van der Waals surface area contributed by atoms with Gasteiger partial charge in [-0.1, -0.05) is 48.6 Å². The molecule has 0 aliphatic carbocycles. The highest BCUT2D eigenvalue weighted by molar-refractivity contribution is 6.00. The monoisotopic (exact) mass is 246 g/mol. The third kappa shape index (κ3) is 2.68. The predicted molar refractivity (Wildman–Crippen MR) is 79.1 cm³/mol. The van der Waals surface area contributed by atoms with Crippen LogP contribution >= 0.6 is 0 Å². The third-order valence-electron chi connectivity index (χ3n) is 2.99. The lowest BCUT2D eigenvalue weighted by Gasteiger charge is -2.05. The predicted octanol–water partition coefficient (Wildman–Crippen LogP) is 4.01. The number of allylic oxidation sites excluding steroid dienone is 3. The normalized spacial score (nSPS) is 14.0. The van der Waals surface area contributed by atoms with Crippen molar-refractivity contribution in [2.24, 2.45) is 4.99 Å². The van der Waals surface area contributed by atoms with Crippen molar-refractivity contribution < 1.29 is 0 Å². The topological polar surface area (TPSA) is 25.2 Å².